The van der Waals surface area contributed by atoms with Crippen molar-refractivity contribution in [2.75, 3.05) is 18.0 Å². The molecule has 4 nitrogen and oxygen atoms in total. The zero-order chi connectivity index (χ0) is 16.9. The molecule has 4 heteroatoms. The Hall–Kier alpha value is -2.80. The van der Waals surface area contributed by atoms with Crippen molar-refractivity contribution in [2.45, 2.75) is 25.8 Å². The minimum absolute atomic E-state index is 0.00368. The number of nitriles is 1. The maximum atomic E-state index is 12.4. The normalized spacial score (nSPS) is 14.9. The van der Waals surface area contributed by atoms with E-state index in [4.69, 9.17) is 0 Å². The molecule has 24 heavy (non-hydrogen) atoms. The van der Waals surface area contributed by atoms with Crippen molar-refractivity contribution < 1.29 is 4.79 Å². The van der Waals surface area contributed by atoms with Gasteiger partial charge in [0.2, 0.25) is 0 Å². The van der Waals surface area contributed by atoms with Gasteiger partial charge in [0.15, 0.2) is 0 Å². The fraction of sp³-hybridized carbons (Fsp3) is 0.300. The van der Waals surface area contributed by atoms with Crippen molar-refractivity contribution >= 4 is 11.6 Å². The monoisotopic (exact) mass is 319 g/mol. The summed E-state index contributed by atoms with van der Waals surface area (Å²) in [7, 11) is 0. The molecule has 0 spiro atoms. The van der Waals surface area contributed by atoms with E-state index < -0.39 is 0 Å². The molecule has 122 valence electrons. The number of hydrogen-bond acceptors (Lipinski definition) is 3. The minimum atomic E-state index is 0.00368. The highest BCUT2D eigenvalue weighted by atomic mass is 16.1. The molecule has 1 fully saturated rings. The molecule has 0 unspecified atom stereocenters. The van der Waals surface area contributed by atoms with Gasteiger partial charge in [0, 0.05) is 24.7 Å². The lowest BCUT2D eigenvalue weighted by atomic mass is 10.0. The van der Waals surface area contributed by atoms with Crippen LogP contribution in [0.2, 0.25) is 0 Å². The van der Waals surface area contributed by atoms with Crippen LogP contribution in [0.4, 0.5) is 5.69 Å². The summed E-state index contributed by atoms with van der Waals surface area (Å²) in [4.78, 5) is 14.6. The average Bonchev–Trinajstić information content (AvgIpc) is 2.62. The Morgan fingerprint density at radius 3 is 2.50 bits per heavy atom. The lowest BCUT2D eigenvalue weighted by molar-refractivity contribution is 0.0930. The number of amides is 1. The molecular formula is C20H21N3O. The Kier molecular flexibility index (Phi) is 4.81. The van der Waals surface area contributed by atoms with Crippen molar-refractivity contribution in [1.29, 1.82) is 5.26 Å². The van der Waals surface area contributed by atoms with Gasteiger partial charge in [0.1, 0.15) is 6.07 Å². The highest BCUT2D eigenvalue weighted by molar-refractivity contribution is 5.95. The molecule has 1 N–H and O–H groups in total. The maximum Gasteiger partial charge on any atom is 0.251 e. The van der Waals surface area contributed by atoms with Gasteiger partial charge in [-0.05, 0) is 43.5 Å². The molecule has 1 heterocycles. The van der Waals surface area contributed by atoms with Crippen LogP contribution in [0.5, 0.6) is 0 Å². The highest BCUT2D eigenvalue weighted by Crippen LogP contribution is 2.23. The molecule has 1 aliphatic rings. The lowest BCUT2D eigenvalue weighted by Gasteiger charge is -2.34. The predicted octanol–water partition coefficient (Wildman–Crippen LogP) is 3.27. The first-order valence-corrected chi connectivity index (χ1v) is 8.29. The number of hydrogen-bond donors (Lipinski definition) is 1. The van der Waals surface area contributed by atoms with Crippen LogP contribution in [-0.4, -0.2) is 25.0 Å². The van der Waals surface area contributed by atoms with E-state index in [0.717, 1.165) is 42.7 Å². The number of carbonyl (C=O) groups excluding carboxylic acids is 1. The maximum absolute atomic E-state index is 12.4. The van der Waals surface area contributed by atoms with E-state index in [0.29, 0.717) is 5.56 Å². The Morgan fingerprint density at radius 1 is 1.12 bits per heavy atom. The van der Waals surface area contributed by atoms with Gasteiger partial charge in [-0.25, -0.2) is 0 Å². The first-order chi connectivity index (χ1) is 11.7. The Morgan fingerprint density at radius 2 is 1.79 bits per heavy atom. The number of rotatable bonds is 3. The van der Waals surface area contributed by atoms with Crippen LogP contribution in [0.25, 0.3) is 0 Å². The van der Waals surface area contributed by atoms with E-state index in [1.807, 2.05) is 55.5 Å². The summed E-state index contributed by atoms with van der Waals surface area (Å²) >= 11 is 0. The molecule has 0 radical (unpaired) electrons. The van der Waals surface area contributed by atoms with Gasteiger partial charge in [0.25, 0.3) is 5.91 Å². The number of nitrogens with one attached hydrogen (secondary N) is 1. The van der Waals surface area contributed by atoms with Crippen LogP contribution in [0, 0.1) is 18.3 Å². The fourth-order valence-corrected chi connectivity index (χ4v) is 3.20. The molecule has 1 amide bonds. The molecule has 0 bridgehead atoms. The second kappa shape index (κ2) is 7.18. The fourth-order valence-electron chi connectivity index (χ4n) is 3.20. The van der Waals surface area contributed by atoms with Crippen molar-refractivity contribution in [1.82, 2.24) is 5.32 Å². The molecule has 1 aliphatic heterocycles. The SMILES string of the molecule is Cc1ccccc1C(=O)NC1CCN(c2ccccc2C#N)CC1. The van der Waals surface area contributed by atoms with Gasteiger partial charge in [-0.2, -0.15) is 5.26 Å². The standard InChI is InChI=1S/C20H21N3O/c1-15-6-2-4-8-18(15)20(24)22-17-10-12-23(13-11-17)19-9-5-3-7-16(19)14-21/h2-9,17H,10-13H2,1H3,(H,22,24). The van der Waals surface area contributed by atoms with Crippen LogP contribution in [0.3, 0.4) is 0 Å². The molecule has 3 rings (SSSR count). The zero-order valence-electron chi connectivity index (χ0n) is 13.8. The third-order valence-electron chi connectivity index (χ3n) is 4.59. The molecule has 0 aromatic heterocycles. The Balaban J connectivity index is 1.61. The highest BCUT2D eigenvalue weighted by Gasteiger charge is 2.22. The van der Waals surface area contributed by atoms with Gasteiger partial charge >= 0.3 is 0 Å². The van der Waals surface area contributed by atoms with Crippen LogP contribution < -0.4 is 10.2 Å². The number of piperidine rings is 1. The summed E-state index contributed by atoms with van der Waals surface area (Å²) in [6.07, 6.45) is 1.77. The summed E-state index contributed by atoms with van der Waals surface area (Å²) in [5.74, 6) is 0.00368. The second-order valence-electron chi connectivity index (χ2n) is 6.18. The van der Waals surface area contributed by atoms with Gasteiger partial charge in [-0.15, -0.1) is 0 Å². The molecule has 0 saturated carbocycles. The summed E-state index contributed by atoms with van der Waals surface area (Å²) in [5, 5.41) is 12.4. The first-order valence-electron chi connectivity index (χ1n) is 8.29. The Bertz CT molecular complexity index is 770. The number of aryl methyl sites for hydroxylation is 1. The van der Waals surface area contributed by atoms with Gasteiger partial charge in [-0.1, -0.05) is 30.3 Å². The third-order valence-corrected chi connectivity index (χ3v) is 4.59. The quantitative estimate of drug-likeness (QED) is 0.944. The van der Waals surface area contributed by atoms with Crippen LogP contribution in [0.15, 0.2) is 48.5 Å². The van der Waals surface area contributed by atoms with Crippen LogP contribution >= 0.6 is 0 Å². The lowest BCUT2D eigenvalue weighted by Crippen LogP contribution is -2.45. The molecule has 0 aliphatic carbocycles. The first kappa shape index (κ1) is 16.1. The van der Waals surface area contributed by atoms with E-state index in [9.17, 15) is 10.1 Å². The van der Waals surface area contributed by atoms with Crippen molar-refractivity contribution in [2.24, 2.45) is 0 Å². The molecule has 2 aromatic rings. The summed E-state index contributed by atoms with van der Waals surface area (Å²) < 4.78 is 0. The number of nitrogens with zero attached hydrogens (tertiary/aromatic N) is 2. The average molecular weight is 319 g/mol. The zero-order valence-corrected chi connectivity index (χ0v) is 13.8. The van der Waals surface area contributed by atoms with E-state index in [1.54, 1.807) is 0 Å². The van der Waals surface area contributed by atoms with Crippen molar-refractivity contribution in [3.05, 3.63) is 65.2 Å². The predicted molar refractivity (Wildman–Crippen MR) is 95.0 cm³/mol. The molecule has 1 saturated heterocycles. The number of para-hydroxylation sites is 1. The van der Waals surface area contributed by atoms with E-state index in [1.165, 1.54) is 0 Å². The van der Waals surface area contributed by atoms with E-state index in [-0.39, 0.29) is 11.9 Å². The summed E-state index contributed by atoms with van der Waals surface area (Å²) in [6, 6.07) is 17.8. The van der Waals surface area contributed by atoms with Gasteiger partial charge in [-0.3, -0.25) is 4.79 Å². The summed E-state index contributed by atoms with van der Waals surface area (Å²) in [5.41, 5.74) is 3.44. The molecule has 0 atom stereocenters. The van der Waals surface area contributed by atoms with Crippen molar-refractivity contribution in [3.63, 3.8) is 0 Å². The van der Waals surface area contributed by atoms with E-state index >= 15 is 0 Å². The molecular weight excluding hydrogens is 298 g/mol. The largest absolute Gasteiger partial charge is 0.370 e. The Labute approximate surface area is 142 Å². The summed E-state index contributed by atoms with van der Waals surface area (Å²) in [6.45, 7) is 3.64. The van der Waals surface area contributed by atoms with Gasteiger partial charge < -0.3 is 10.2 Å². The topological polar surface area (TPSA) is 56.1 Å². The number of benzene rings is 2. The third kappa shape index (κ3) is 3.41. The molecule has 2 aromatic carbocycles. The van der Waals surface area contributed by atoms with Gasteiger partial charge in [0.05, 0.1) is 11.3 Å². The minimum Gasteiger partial charge on any atom is -0.370 e. The van der Waals surface area contributed by atoms with E-state index in [2.05, 4.69) is 16.3 Å². The van der Waals surface area contributed by atoms with Crippen LogP contribution in [0.1, 0.15) is 34.3 Å². The number of anilines is 1. The smallest absolute Gasteiger partial charge is 0.251 e. The van der Waals surface area contributed by atoms with Crippen molar-refractivity contribution in [3.8, 4) is 6.07 Å². The second-order valence-corrected chi connectivity index (χ2v) is 6.18. The van der Waals surface area contributed by atoms with Crippen LogP contribution in [-0.2, 0) is 0 Å². The number of carbonyl (C=O) groups is 1.